The highest BCUT2D eigenvalue weighted by Crippen LogP contribution is 2.36. The molecular formula is C18H20N2O2S. The fourth-order valence-electron chi connectivity index (χ4n) is 2.83. The first kappa shape index (κ1) is 15.9. The van der Waals surface area contributed by atoms with E-state index in [0.29, 0.717) is 5.75 Å². The number of nitrogens with zero attached hydrogens (tertiary/aromatic N) is 2. The summed E-state index contributed by atoms with van der Waals surface area (Å²) in [7, 11) is 1.66. The highest BCUT2D eigenvalue weighted by atomic mass is 32.2. The highest BCUT2D eigenvalue weighted by Gasteiger charge is 2.25. The molecule has 0 bridgehead atoms. The molecule has 0 aliphatic carbocycles. The van der Waals surface area contributed by atoms with Crippen LogP contribution in [0.25, 0.3) is 0 Å². The van der Waals surface area contributed by atoms with E-state index < -0.39 is 0 Å². The zero-order valence-corrected chi connectivity index (χ0v) is 14.0. The lowest BCUT2D eigenvalue weighted by Crippen LogP contribution is -2.37. The number of anilines is 1. The van der Waals surface area contributed by atoms with Crippen LogP contribution in [0.1, 0.15) is 17.7 Å². The number of pyridine rings is 1. The Morgan fingerprint density at radius 3 is 3.00 bits per heavy atom. The molecule has 2 aromatic rings. The molecule has 1 aromatic carbocycles. The third kappa shape index (κ3) is 3.67. The summed E-state index contributed by atoms with van der Waals surface area (Å²) in [6.45, 7) is 0.760. The van der Waals surface area contributed by atoms with Gasteiger partial charge in [-0.15, -0.1) is 11.8 Å². The van der Waals surface area contributed by atoms with Crippen molar-refractivity contribution in [1.82, 2.24) is 4.98 Å². The van der Waals surface area contributed by atoms with Crippen molar-refractivity contribution in [1.29, 1.82) is 0 Å². The largest absolute Gasteiger partial charge is 0.495 e. The van der Waals surface area contributed by atoms with Gasteiger partial charge in [-0.1, -0.05) is 18.2 Å². The third-order valence-electron chi connectivity index (χ3n) is 3.90. The van der Waals surface area contributed by atoms with Crippen molar-refractivity contribution < 1.29 is 9.53 Å². The second-order valence-electron chi connectivity index (χ2n) is 5.43. The van der Waals surface area contributed by atoms with Crippen LogP contribution in [0.2, 0.25) is 0 Å². The van der Waals surface area contributed by atoms with Crippen LogP contribution >= 0.6 is 11.8 Å². The molecule has 3 rings (SSSR count). The van der Waals surface area contributed by atoms with Gasteiger partial charge in [0.2, 0.25) is 5.91 Å². The number of carbonyl (C=O) groups is 1. The lowest BCUT2D eigenvalue weighted by atomic mass is 10.0. The summed E-state index contributed by atoms with van der Waals surface area (Å²) in [6, 6.07) is 11.8. The van der Waals surface area contributed by atoms with Gasteiger partial charge in [0.1, 0.15) is 5.75 Å². The summed E-state index contributed by atoms with van der Waals surface area (Å²) in [5.41, 5.74) is 3.14. The molecule has 0 spiro atoms. The van der Waals surface area contributed by atoms with E-state index in [2.05, 4.69) is 11.1 Å². The number of rotatable bonds is 5. The molecule has 2 heterocycles. The number of hydrogen-bond acceptors (Lipinski definition) is 4. The number of thioether (sulfide) groups is 1. The van der Waals surface area contributed by atoms with Crippen molar-refractivity contribution >= 4 is 23.4 Å². The molecule has 120 valence electrons. The Balaban J connectivity index is 1.67. The number of hydrogen-bond donors (Lipinski definition) is 0. The van der Waals surface area contributed by atoms with Crippen molar-refractivity contribution in [3.05, 3.63) is 53.9 Å². The Bertz CT molecular complexity index is 662. The fourth-order valence-corrected chi connectivity index (χ4v) is 3.65. The number of aromatic nitrogens is 1. The van der Waals surface area contributed by atoms with Gasteiger partial charge >= 0.3 is 0 Å². The Morgan fingerprint density at radius 1 is 1.30 bits per heavy atom. The summed E-state index contributed by atoms with van der Waals surface area (Å²) in [5.74, 6) is 2.12. The first-order chi connectivity index (χ1) is 11.3. The van der Waals surface area contributed by atoms with Crippen LogP contribution in [0.3, 0.4) is 0 Å². The van der Waals surface area contributed by atoms with Gasteiger partial charge in [0.25, 0.3) is 0 Å². The Hall–Kier alpha value is -2.01. The van der Waals surface area contributed by atoms with E-state index in [0.717, 1.165) is 42.3 Å². The first-order valence-corrected chi connectivity index (χ1v) is 8.89. The van der Waals surface area contributed by atoms with Gasteiger partial charge in [-0.25, -0.2) is 0 Å². The van der Waals surface area contributed by atoms with Gasteiger partial charge in [-0.3, -0.25) is 9.78 Å². The van der Waals surface area contributed by atoms with Crippen LogP contribution in [-0.4, -0.2) is 30.3 Å². The van der Waals surface area contributed by atoms with Crippen LogP contribution in [0.5, 0.6) is 5.75 Å². The summed E-state index contributed by atoms with van der Waals surface area (Å²) < 4.78 is 5.46. The van der Waals surface area contributed by atoms with E-state index in [9.17, 15) is 4.79 Å². The molecule has 1 aliphatic heterocycles. The summed E-state index contributed by atoms with van der Waals surface area (Å²) in [5, 5.41) is 0. The molecule has 0 saturated heterocycles. The molecule has 0 unspecified atom stereocenters. The molecular weight excluding hydrogens is 308 g/mol. The van der Waals surface area contributed by atoms with Crippen molar-refractivity contribution in [3.8, 4) is 5.75 Å². The smallest absolute Gasteiger partial charge is 0.237 e. The monoisotopic (exact) mass is 328 g/mol. The fraction of sp³-hybridized carbons (Fsp3) is 0.333. The predicted octanol–water partition coefficient (Wildman–Crippen LogP) is 3.30. The van der Waals surface area contributed by atoms with Gasteiger partial charge in [0.05, 0.1) is 24.2 Å². The van der Waals surface area contributed by atoms with Crippen LogP contribution in [0.4, 0.5) is 5.69 Å². The number of amides is 1. The molecule has 0 radical (unpaired) electrons. The SMILES string of the molecule is COc1cccc2c1N(C(=O)CSCc1ccccn1)CCC2. The number of para-hydroxylation sites is 1. The molecule has 0 saturated carbocycles. The molecule has 0 atom stereocenters. The zero-order chi connectivity index (χ0) is 16.1. The minimum Gasteiger partial charge on any atom is -0.495 e. The van der Waals surface area contributed by atoms with E-state index >= 15 is 0 Å². The molecule has 5 heteroatoms. The number of aryl methyl sites for hydroxylation is 1. The Morgan fingerprint density at radius 2 is 2.22 bits per heavy atom. The zero-order valence-electron chi connectivity index (χ0n) is 13.2. The quantitative estimate of drug-likeness (QED) is 0.844. The average Bonchev–Trinajstić information content (AvgIpc) is 2.61. The molecule has 23 heavy (non-hydrogen) atoms. The topological polar surface area (TPSA) is 42.4 Å². The third-order valence-corrected chi connectivity index (χ3v) is 4.85. The maximum atomic E-state index is 12.6. The number of methoxy groups -OCH3 is 1. The van der Waals surface area contributed by atoms with Crippen molar-refractivity contribution in [3.63, 3.8) is 0 Å². The number of benzene rings is 1. The van der Waals surface area contributed by atoms with E-state index in [1.54, 1.807) is 25.1 Å². The van der Waals surface area contributed by atoms with Crippen molar-refractivity contribution in [2.45, 2.75) is 18.6 Å². The molecule has 0 N–H and O–H groups in total. The van der Waals surface area contributed by atoms with Gasteiger partial charge in [0, 0.05) is 18.5 Å². The minimum absolute atomic E-state index is 0.136. The van der Waals surface area contributed by atoms with E-state index in [-0.39, 0.29) is 5.91 Å². The van der Waals surface area contributed by atoms with Gasteiger partial charge < -0.3 is 9.64 Å². The Kier molecular flexibility index (Phi) is 5.18. The molecule has 1 amide bonds. The minimum atomic E-state index is 0.136. The molecule has 1 aliphatic rings. The summed E-state index contributed by atoms with van der Waals surface area (Å²) >= 11 is 1.60. The van der Waals surface area contributed by atoms with Gasteiger partial charge in [0.15, 0.2) is 0 Å². The standard InChI is InChI=1S/C18H20N2O2S/c1-22-16-9-4-6-14-7-5-11-20(18(14)16)17(21)13-23-12-15-8-2-3-10-19-15/h2-4,6,8-10H,5,7,11-13H2,1H3. The van der Waals surface area contributed by atoms with E-state index in [4.69, 9.17) is 4.74 Å². The highest BCUT2D eigenvalue weighted by molar-refractivity contribution is 7.99. The van der Waals surface area contributed by atoms with Crippen LogP contribution in [-0.2, 0) is 17.0 Å². The van der Waals surface area contributed by atoms with Gasteiger partial charge in [-0.05, 0) is 36.6 Å². The molecule has 1 aromatic heterocycles. The van der Waals surface area contributed by atoms with Crippen LogP contribution < -0.4 is 9.64 Å². The molecule has 0 fully saturated rings. The number of ether oxygens (including phenoxy) is 1. The number of fused-ring (bicyclic) bond motifs is 1. The van der Waals surface area contributed by atoms with Crippen molar-refractivity contribution in [2.24, 2.45) is 0 Å². The lowest BCUT2D eigenvalue weighted by molar-refractivity contribution is -0.116. The summed E-state index contributed by atoms with van der Waals surface area (Å²) in [4.78, 5) is 18.8. The predicted molar refractivity (Wildman–Crippen MR) is 94.1 cm³/mol. The van der Waals surface area contributed by atoms with Gasteiger partial charge in [-0.2, -0.15) is 0 Å². The lowest BCUT2D eigenvalue weighted by Gasteiger charge is -2.30. The molecule has 4 nitrogen and oxygen atoms in total. The number of carbonyl (C=O) groups excluding carboxylic acids is 1. The normalized spacial score (nSPS) is 13.5. The first-order valence-electron chi connectivity index (χ1n) is 7.73. The second-order valence-corrected chi connectivity index (χ2v) is 6.42. The average molecular weight is 328 g/mol. The summed E-state index contributed by atoms with van der Waals surface area (Å²) in [6.07, 6.45) is 3.78. The second kappa shape index (κ2) is 7.51. The van der Waals surface area contributed by atoms with Crippen LogP contribution in [0, 0.1) is 0 Å². The van der Waals surface area contributed by atoms with Crippen LogP contribution in [0.15, 0.2) is 42.6 Å². The maximum absolute atomic E-state index is 12.6. The maximum Gasteiger partial charge on any atom is 0.237 e. The van der Waals surface area contributed by atoms with Crippen molar-refractivity contribution in [2.75, 3.05) is 24.3 Å². The Labute approximate surface area is 140 Å². The van der Waals surface area contributed by atoms with E-state index in [1.807, 2.05) is 35.2 Å². The van der Waals surface area contributed by atoms with E-state index in [1.165, 1.54) is 5.56 Å².